The number of hydrogen-bond acceptors (Lipinski definition) is 1. The lowest BCUT2D eigenvalue weighted by molar-refractivity contribution is 0.210. The predicted molar refractivity (Wildman–Crippen MR) is 83.7 cm³/mol. The molecule has 0 atom stereocenters. The summed E-state index contributed by atoms with van der Waals surface area (Å²) < 4.78 is 3.01. The van der Waals surface area contributed by atoms with Crippen molar-refractivity contribution in [1.82, 2.24) is 9.55 Å². The Bertz CT molecular complexity index is 591. The Morgan fingerprint density at radius 2 is 1.84 bits per heavy atom. The van der Waals surface area contributed by atoms with Gasteiger partial charge < -0.3 is 9.55 Å². The van der Waals surface area contributed by atoms with Crippen LogP contribution in [0.15, 0.2) is 36.5 Å². The third-order valence-corrected chi connectivity index (χ3v) is 4.40. The van der Waals surface area contributed by atoms with E-state index in [1.165, 1.54) is 11.3 Å². The van der Waals surface area contributed by atoms with Gasteiger partial charge >= 0.3 is 0 Å². The topological polar surface area (TPSA) is 20.7 Å². The maximum Gasteiger partial charge on any atom is 0.177 e. The van der Waals surface area contributed by atoms with Gasteiger partial charge in [0, 0.05) is 12.7 Å². The summed E-state index contributed by atoms with van der Waals surface area (Å²) in [4.78, 5) is 3.18. The molecule has 0 saturated carbocycles. The standard InChI is InChI=1S/C16H22N2S/c1-12(2)16(3,4)11-18-14(10-17-15(18)19)13-8-6-5-7-9-13/h5-10,12H,11H2,1-4H3,(H,17,19). The van der Waals surface area contributed by atoms with Crippen LogP contribution in [0, 0.1) is 16.1 Å². The van der Waals surface area contributed by atoms with Crippen LogP contribution in [0.1, 0.15) is 27.7 Å². The van der Waals surface area contributed by atoms with Gasteiger partial charge in [-0.2, -0.15) is 0 Å². The molecular weight excluding hydrogens is 252 g/mol. The highest BCUT2D eigenvalue weighted by Crippen LogP contribution is 2.30. The molecule has 1 aromatic heterocycles. The lowest BCUT2D eigenvalue weighted by atomic mass is 9.81. The van der Waals surface area contributed by atoms with Crippen LogP contribution in [-0.2, 0) is 6.54 Å². The molecule has 3 heteroatoms. The smallest absolute Gasteiger partial charge is 0.177 e. The van der Waals surface area contributed by atoms with Gasteiger partial charge in [0.1, 0.15) is 0 Å². The van der Waals surface area contributed by atoms with Crippen LogP contribution in [-0.4, -0.2) is 9.55 Å². The van der Waals surface area contributed by atoms with E-state index in [2.05, 4.69) is 61.5 Å². The third kappa shape index (κ3) is 2.98. The van der Waals surface area contributed by atoms with Crippen LogP contribution in [0.25, 0.3) is 11.3 Å². The largest absolute Gasteiger partial charge is 0.337 e. The van der Waals surface area contributed by atoms with Crippen LogP contribution in [0.5, 0.6) is 0 Å². The number of H-pyrrole nitrogens is 1. The SMILES string of the molecule is CC(C)C(C)(C)Cn1c(-c2ccccc2)c[nH]c1=S. The Labute approximate surface area is 120 Å². The normalized spacial score (nSPS) is 12.1. The maximum atomic E-state index is 5.43. The van der Waals surface area contributed by atoms with Gasteiger partial charge in [-0.1, -0.05) is 58.0 Å². The van der Waals surface area contributed by atoms with Crippen LogP contribution in [0.3, 0.4) is 0 Å². The van der Waals surface area contributed by atoms with Gasteiger partial charge in [0.15, 0.2) is 4.77 Å². The number of nitrogens with one attached hydrogen (secondary N) is 1. The summed E-state index contributed by atoms with van der Waals surface area (Å²) in [6.45, 7) is 10.0. The van der Waals surface area contributed by atoms with Crippen molar-refractivity contribution in [3.05, 3.63) is 41.3 Å². The molecule has 2 nitrogen and oxygen atoms in total. The average molecular weight is 274 g/mol. The fourth-order valence-electron chi connectivity index (χ4n) is 1.99. The first-order valence-corrected chi connectivity index (χ1v) is 7.16. The van der Waals surface area contributed by atoms with Crippen LogP contribution >= 0.6 is 12.2 Å². The minimum Gasteiger partial charge on any atom is -0.337 e. The first-order chi connectivity index (χ1) is 8.92. The number of aromatic amines is 1. The molecule has 102 valence electrons. The molecule has 0 aliphatic carbocycles. The first kappa shape index (κ1) is 14.1. The molecule has 19 heavy (non-hydrogen) atoms. The van der Waals surface area contributed by atoms with Crippen molar-refractivity contribution in [2.45, 2.75) is 34.2 Å². The monoisotopic (exact) mass is 274 g/mol. The van der Waals surface area contributed by atoms with Gasteiger partial charge in [0.25, 0.3) is 0 Å². The summed E-state index contributed by atoms with van der Waals surface area (Å²) >= 11 is 5.43. The molecule has 2 rings (SSSR count). The maximum absolute atomic E-state index is 5.43. The van der Waals surface area contributed by atoms with E-state index in [0.717, 1.165) is 11.3 Å². The molecule has 0 spiro atoms. The molecule has 0 fully saturated rings. The van der Waals surface area contributed by atoms with Crippen LogP contribution in [0.4, 0.5) is 0 Å². The predicted octanol–water partition coefficient (Wildman–Crippen LogP) is 4.89. The van der Waals surface area contributed by atoms with E-state index in [-0.39, 0.29) is 5.41 Å². The highest BCUT2D eigenvalue weighted by molar-refractivity contribution is 7.71. The van der Waals surface area contributed by atoms with E-state index in [9.17, 15) is 0 Å². The van der Waals surface area contributed by atoms with Crippen molar-refractivity contribution in [3.63, 3.8) is 0 Å². The molecule has 1 heterocycles. The van der Waals surface area contributed by atoms with E-state index >= 15 is 0 Å². The zero-order valence-corrected chi connectivity index (χ0v) is 12.9. The van der Waals surface area contributed by atoms with Crippen molar-refractivity contribution in [2.24, 2.45) is 11.3 Å². The molecule has 2 aromatic rings. The van der Waals surface area contributed by atoms with Gasteiger partial charge in [-0.15, -0.1) is 0 Å². The number of nitrogens with zero attached hydrogens (tertiary/aromatic N) is 1. The summed E-state index contributed by atoms with van der Waals surface area (Å²) in [6, 6.07) is 10.4. The van der Waals surface area contributed by atoms with Crippen molar-refractivity contribution in [1.29, 1.82) is 0 Å². The minimum absolute atomic E-state index is 0.212. The molecule has 1 N–H and O–H groups in total. The average Bonchev–Trinajstić information content (AvgIpc) is 2.71. The second-order valence-electron chi connectivity index (χ2n) is 6.07. The van der Waals surface area contributed by atoms with Crippen LogP contribution in [0.2, 0.25) is 0 Å². The lowest BCUT2D eigenvalue weighted by Gasteiger charge is -2.30. The minimum atomic E-state index is 0.212. The third-order valence-electron chi connectivity index (χ3n) is 4.07. The van der Waals surface area contributed by atoms with E-state index < -0.39 is 0 Å². The zero-order valence-electron chi connectivity index (χ0n) is 12.1. The molecule has 1 aromatic carbocycles. The van der Waals surface area contributed by atoms with Crippen molar-refractivity contribution >= 4 is 12.2 Å². The molecule has 0 aliphatic rings. The van der Waals surface area contributed by atoms with E-state index in [1.54, 1.807) is 0 Å². The summed E-state index contributed by atoms with van der Waals surface area (Å²) in [7, 11) is 0. The second kappa shape index (κ2) is 5.33. The van der Waals surface area contributed by atoms with E-state index in [1.807, 2.05) is 12.3 Å². The highest BCUT2D eigenvalue weighted by atomic mass is 32.1. The van der Waals surface area contributed by atoms with Crippen molar-refractivity contribution < 1.29 is 0 Å². The van der Waals surface area contributed by atoms with Gasteiger partial charge in [-0.05, 0) is 29.1 Å². The molecular formula is C16H22N2S. The lowest BCUT2D eigenvalue weighted by Crippen LogP contribution is -2.26. The summed E-state index contributed by atoms with van der Waals surface area (Å²) in [5.74, 6) is 0.605. The Balaban J connectivity index is 2.42. The number of imidazole rings is 1. The highest BCUT2D eigenvalue weighted by Gasteiger charge is 2.24. The zero-order chi connectivity index (χ0) is 14.0. The molecule has 0 bridgehead atoms. The Kier molecular flexibility index (Phi) is 3.95. The van der Waals surface area contributed by atoms with Crippen LogP contribution < -0.4 is 0 Å². The fourth-order valence-corrected chi connectivity index (χ4v) is 2.21. The van der Waals surface area contributed by atoms with Gasteiger partial charge in [0.2, 0.25) is 0 Å². The van der Waals surface area contributed by atoms with Gasteiger partial charge in [-0.3, -0.25) is 0 Å². The van der Waals surface area contributed by atoms with E-state index in [4.69, 9.17) is 12.2 Å². The molecule has 0 aliphatic heterocycles. The number of aromatic nitrogens is 2. The Hall–Kier alpha value is -1.35. The molecule has 0 amide bonds. The quantitative estimate of drug-likeness (QED) is 0.787. The fraction of sp³-hybridized carbons (Fsp3) is 0.438. The number of benzene rings is 1. The number of rotatable bonds is 4. The Morgan fingerprint density at radius 3 is 2.42 bits per heavy atom. The summed E-state index contributed by atoms with van der Waals surface area (Å²) in [5.41, 5.74) is 2.58. The van der Waals surface area contributed by atoms with Gasteiger partial charge in [-0.25, -0.2) is 0 Å². The molecule has 0 radical (unpaired) electrons. The first-order valence-electron chi connectivity index (χ1n) is 6.75. The number of hydrogen-bond donors (Lipinski definition) is 1. The van der Waals surface area contributed by atoms with E-state index in [0.29, 0.717) is 5.92 Å². The van der Waals surface area contributed by atoms with Crippen molar-refractivity contribution in [2.75, 3.05) is 0 Å². The summed E-state index contributed by atoms with van der Waals surface area (Å²) in [5, 5.41) is 0. The molecule has 0 unspecified atom stereocenters. The second-order valence-corrected chi connectivity index (χ2v) is 6.46. The van der Waals surface area contributed by atoms with Crippen molar-refractivity contribution in [3.8, 4) is 11.3 Å². The van der Waals surface area contributed by atoms with Gasteiger partial charge in [0.05, 0.1) is 5.69 Å². The summed E-state index contributed by atoms with van der Waals surface area (Å²) in [6.07, 6.45) is 2.01. The molecule has 0 saturated heterocycles. The Morgan fingerprint density at radius 1 is 1.21 bits per heavy atom.